The standard InChI is InChI=1S/C8H19NO/c1-3-6-10-7-4-5-8(2)9/h8H,3-7,9H2,1-2H3. The lowest BCUT2D eigenvalue weighted by Gasteiger charge is -2.04. The van der Waals surface area contributed by atoms with Gasteiger partial charge >= 0.3 is 0 Å². The van der Waals surface area contributed by atoms with Gasteiger partial charge in [-0.1, -0.05) is 6.92 Å². The highest BCUT2D eigenvalue weighted by atomic mass is 16.5. The quantitative estimate of drug-likeness (QED) is 0.575. The van der Waals surface area contributed by atoms with E-state index in [0.717, 1.165) is 32.5 Å². The summed E-state index contributed by atoms with van der Waals surface area (Å²) >= 11 is 0. The number of hydrogen-bond donors (Lipinski definition) is 1. The maximum atomic E-state index is 5.55. The van der Waals surface area contributed by atoms with Crippen molar-refractivity contribution in [2.45, 2.75) is 39.2 Å². The molecule has 0 aliphatic heterocycles. The van der Waals surface area contributed by atoms with Crippen LogP contribution in [0.3, 0.4) is 0 Å². The zero-order chi connectivity index (χ0) is 7.82. The first-order valence-corrected chi connectivity index (χ1v) is 4.10. The fourth-order valence-corrected chi connectivity index (χ4v) is 0.754. The van der Waals surface area contributed by atoms with Crippen molar-refractivity contribution < 1.29 is 4.74 Å². The topological polar surface area (TPSA) is 35.2 Å². The minimum absolute atomic E-state index is 0.324. The minimum atomic E-state index is 0.324. The first kappa shape index (κ1) is 9.92. The van der Waals surface area contributed by atoms with Gasteiger partial charge in [0.25, 0.3) is 0 Å². The molecule has 0 amide bonds. The van der Waals surface area contributed by atoms with E-state index < -0.39 is 0 Å². The van der Waals surface area contributed by atoms with Crippen LogP contribution in [0, 0.1) is 0 Å². The molecule has 0 aliphatic rings. The molecular formula is C8H19NO. The van der Waals surface area contributed by atoms with Crippen molar-refractivity contribution in [1.29, 1.82) is 0 Å². The van der Waals surface area contributed by atoms with Crippen molar-refractivity contribution in [1.82, 2.24) is 0 Å². The van der Waals surface area contributed by atoms with Crippen molar-refractivity contribution in [3.63, 3.8) is 0 Å². The number of nitrogens with two attached hydrogens (primary N) is 1. The van der Waals surface area contributed by atoms with Gasteiger partial charge in [-0.25, -0.2) is 0 Å². The third-order valence-electron chi connectivity index (χ3n) is 1.30. The van der Waals surface area contributed by atoms with Crippen molar-refractivity contribution in [2.75, 3.05) is 13.2 Å². The molecular weight excluding hydrogens is 126 g/mol. The highest BCUT2D eigenvalue weighted by Gasteiger charge is 1.92. The molecule has 0 aromatic rings. The summed E-state index contributed by atoms with van der Waals surface area (Å²) in [6.07, 6.45) is 3.28. The number of hydrogen-bond acceptors (Lipinski definition) is 2. The van der Waals surface area contributed by atoms with E-state index in [4.69, 9.17) is 10.5 Å². The Hall–Kier alpha value is -0.0800. The molecule has 0 spiro atoms. The van der Waals surface area contributed by atoms with Crippen molar-refractivity contribution in [3.05, 3.63) is 0 Å². The Morgan fingerprint density at radius 1 is 1.40 bits per heavy atom. The van der Waals surface area contributed by atoms with E-state index in [2.05, 4.69) is 6.92 Å². The molecule has 0 fully saturated rings. The molecule has 10 heavy (non-hydrogen) atoms. The molecule has 2 heteroatoms. The average Bonchev–Trinajstić information content (AvgIpc) is 1.87. The monoisotopic (exact) mass is 145 g/mol. The van der Waals surface area contributed by atoms with Gasteiger partial charge < -0.3 is 10.5 Å². The van der Waals surface area contributed by atoms with Crippen LogP contribution in [0.5, 0.6) is 0 Å². The molecule has 1 atom stereocenters. The van der Waals surface area contributed by atoms with Gasteiger partial charge in [-0.05, 0) is 26.2 Å². The first-order valence-electron chi connectivity index (χ1n) is 4.10. The summed E-state index contributed by atoms with van der Waals surface area (Å²) in [6, 6.07) is 0.324. The van der Waals surface area contributed by atoms with Gasteiger partial charge in [-0.2, -0.15) is 0 Å². The van der Waals surface area contributed by atoms with E-state index in [1.54, 1.807) is 0 Å². The van der Waals surface area contributed by atoms with Crippen LogP contribution in [0.25, 0.3) is 0 Å². The van der Waals surface area contributed by atoms with Crippen LogP contribution in [0.2, 0.25) is 0 Å². The van der Waals surface area contributed by atoms with E-state index in [0.29, 0.717) is 6.04 Å². The van der Waals surface area contributed by atoms with Gasteiger partial charge in [0, 0.05) is 19.3 Å². The molecule has 0 saturated heterocycles. The molecule has 2 N–H and O–H groups in total. The van der Waals surface area contributed by atoms with Crippen LogP contribution >= 0.6 is 0 Å². The Balaban J connectivity index is 2.77. The molecule has 1 unspecified atom stereocenters. The lowest BCUT2D eigenvalue weighted by atomic mass is 10.2. The van der Waals surface area contributed by atoms with Crippen LogP contribution in [-0.4, -0.2) is 19.3 Å². The molecule has 0 radical (unpaired) electrons. The Morgan fingerprint density at radius 2 is 2.10 bits per heavy atom. The maximum Gasteiger partial charge on any atom is 0.0466 e. The largest absolute Gasteiger partial charge is 0.381 e. The van der Waals surface area contributed by atoms with Crippen molar-refractivity contribution >= 4 is 0 Å². The Labute approximate surface area is 63.7 Å². The SMILES string of the molecule is CCCOCCCC(C)N. The van der Waals surface area contributed by atoms with Crippen LogP contribution in [0.1, 0.15) is 33.1 Å². The van der Waals surface area contributed by atoms with Crippen LogP contribution in [0.15, 0.2) is 0 Å². The normalized spacial score (nSPS) is 13.5. The Bertz CT molecular complexity index is 64.3. The minimum Gasteiger partial charge on any atom is -0.381 e. The summed E-state index contributed by atoms with van der Waals surface area (Å²) in [5.41, 5.74) is 5.55. The molecule has 0 aromatic carbocycles. The van der Waals surface area contributed by atoms with E-state index in [-0.39, 0.29) is 0 Å². The molecule has 0 rings (SSSR count). The van der Waals surface area contributed by atoms with Gasteiger partial charge in [-0.3, -0.25) is 0 Å². The molecule has 62 valence electrons. The molecule has 2 nitrogen and oxygen atoms in total. The molecule has 0 bridgehead atoms. The number of rotatable bonds is 6. The Morgan fingerprint density at radius 3 is 2.60 bits per heavy atom. The zero-order valence-electron chi connectivity index (χ0n) is 7.10. The van der Waals surface area contributed by atoms with Gasteiger partial charge in [0.15, 0.2) is 0 Å². The predicted octanol–water partition coefficient (Wildman–Crippen LogP) is 1.54. The van der Waals surface area contributed by atoms with E-state index >= 15 is 0 Å². The molecule has 0 aliphatic carbocycles. The maximum absolute atomic E-state index is 5.55. The molecule has 0 heterocycles. The van der Waals surface area contributed by atoms with Crippen LogP contribution in [0.4, 0.5) is 0 Å². The third kappa shape index (κ3) is 7.92. The highest BCUT2D eigenvalue weighted by molar-refractivity contribution is 4.51. The second kappa shape index (κ2) is 7.03. The molecule has 0 aromatic heterocycles. The smallest absolute Gasteiger partial charge is 0.0466 e. The van der Waals surface area contributed by atoms with E-state index in [9.17, 15) is 0 Å². The Kier molecular flexibility index (Phi) is 6.98. The molecule has 0 saturated carbocycles. The predicted molar refractivity (Wildman–Crippen MR) is 44.0 cm³/mol. The summed E-state index contributed by atoms with van der Waals surface area (Å²) in [5, 5.41) is 0. The van der Waals surface area contributed by atoms with Gasteiger partial charge in [0.05, 0.1) is 0 Å². The van der Waals surface area contributed by atoms with E-state index in [1.807, 2.05) is 6.92 Å². The van der Waals surface area contributed by atoms with Gasteiger partial charge in [0.1, 0.15) is 0 Å². The summed E-state index contributed by atoms with van der Waals surface area (Å²) < 4.78 is 5.28. The van der Waals surface area contributed by atoms with Gasteiger partial charge in [0.2, 0.25) is 0 Å². The first-order chi connectivity index (χ1) is 4.77. The lowest BCUT2D eigenvalue weighted by Crippen LogP contribution is -2.15. The summed E-state index contributed by atoms with van der Waals surface area (Å²) in [4.78, 5) is 0. The van der Waals surface area contributed by atoms with Crippen molar-refractivity contribution in [3.8, 4) is 0 Å². The van der Waals surface area contributed by atoms with Crippen molar-refractivity contribution in [2.24, 2.45) is 5.73 Å². The fourth-order valence-electron chi connectivity index (χ4n) is 0.754. The summed E-state index contributed by atoms with van der Waals surface area (Å²) in [7, 11) is 0. The summed E-state index contributed by atoms with van der Waals surface area (Å²) in [6.45, 7) is 5.90. The van der Waals surface area contributed by atoms with Crippen LogP contribution < -0.4 is 5.73 Å². The third-order valence-corrected chi connectivity index (χ3v) is 1.30. The fraction of sp³-hybridized carbons (Fsp3) is 1.00. The van der Waals surface area contributed by atoms with Crippen LogP contribution in [-0.2, 0) is 4.74 Å². The van der Waals surface area contributed by atoms with Gasteiger partial charge in [-0.15, -0.1) is 0 Å². The second-order valence-electron chi connectivity index (χ2n) is 2.73. The summed E-state index contributed by atoms with van der Waals surface area (Å²) in [5.74, 6) is 0. The second-order valence-corrected chi connectivity index (χ2v) is 2.73. The highest BCUT2D eigenvalue weighted by Crippen LogP contribution is 1.93. The average molecular weight is 145 g/mol. The zero-order valence-corrected chi connectivity index (χ0v) is 7.10. The lowest BCUT2D eigenvalue weighted by molar-refractivity contribution is 0.130. The number of ether oxygens (including phenoxy) is 1. The van der Waals surface area contributed by atoms with E-state index in [1.165, 1.54) is 0 Å².